The van der Waals surface area contributed by atoms with E-state index in [1.165, 1.54) is 5.56 Å². The molecule has 2 heteroatoms. The van der Waals surface area contributed by atoms with Gasteiger partial charge in [-0.2, -0.15) is 0 Å². The summed E-state index contributed by atoms with van der Waals surface area (Å²) in [6.45, 7) is 3.83. The van der Waals surface area contributed by atoms with Crippen LogP contribution in [0.2, 0.25) is 0 Å². The molecule has 0 fully saturated rings. The van der Waals surface area contributed by atoms with E-state index >= 15 is 0 Å². The van der Waals surface area contributed by atoms with Gasteiger partial charge in [0, 0.05) is 12.8 Å². The Kier molecular flexibility index (Phi) is 4.91. The quantitative estimate of drug-likeness (QED) is 0.656. The summed E-state index contributed by atoms with van der Waals surface area (Å²) in [4.78, 5) is 0. The molecule has 1 rings (SSSR count). The lowest BCUT2D eigenvalue weighted by Crippen LogP contribution is -2.15. The number of rotatable bonds is 6. The largest absolute Gasteiger partial charge is 0.248 e. The minimum absolute atomic E-state index is 0.00865. The van der Waals surface area contributed by atoms with E-state index in [0.717, 1.165) is 12.0 Å². The third-order valence-corrected chi connectivity index (χ3v) is 2.74. The van der Waals surface area contributed by atoms with Crippen molar-refractivity contribution in [2.75, 3.05) is 0 Å². The van der Waals surface area contributed by atoms with Crippen molar-refractivity contribution >= 4 is 0 Å². The van der Waals surface area contributed by atoms with Crippen LogP contribution >= 0.6 is 0 Å². The summed E-state index contributed by atoms with van der Waals surface area (Å²) in [5.74, 6) is -2.47. The summed E-state index contributed by atoms with van der Waals surface area (Å²) in [6.07, 6.45) is 1.89. The Bertz CT molecular complexity index is 301. The molecule has 0 heterocycles. The molecule has 0 N–H and O–H groups in total. The van der Waals surface area contributed by atoms with Crippen molar-refractivity contribution in [1.29, 1.82) is 0 Å². The van der Waals surface area contributed by atoms with Gasteiger partial charge in [0.1, 0.15) is 0 Å². The molecule has 1 aromatic carbocycles. The fourth-order valence-corrected chi connectivity index (χ4v) is 1.80. The number of halogens is 2. The van der Waals surface area contributed by atoms with Crippen LogP contribution in [0.25, 0.3) is 0 Å². The summed E-state index contributed by atoms with van der Waals surface area (Å²) in [6, 6.07) is 8.10. The molecule has 0 spiro atoms. The van der Waals surface area contributed by atoms with Crippen LogP contribution in [-0.4, -0.2) is 5.92 Å². The Morgan fingerprint density at radius 2 is 1.69 bits per heavy atom. The summed E-state index contributed by atoms with van der Waals surface area (Å²) in [5, 5.41) is 0. The van der Waals surface area contributed by atoms with Crippen LogP contribution in [0.4, 0.5) is 8.78 Å². The predicted molar refractivity (Wildman–Crippen MR) is 64.0 cm³/mol. The van der Waals surface area contributed by atoms with E-state index in [1.54, 1.807) is 6.92 Å². The fraction of sp³-hybridized carbons (Fsp3) is 0.571. The Hall–Kier alpha value is -0.920. The number of aryl methyl sites for hydroxylation is 2. The van der Waals surface area contributed by atoms with E-state index in [9.17, 15) is 8.78 Å². The number of benzene rings is 1. The maximum absolute atomic E-state index is 13.2. The maximum Gasteiger partial charge on any atom is 0.248 e. The first-order chi connectivity index (χ1) is 7.53. The second-order valence-corrected chi connectivity index (χ2v) is 4.45. The summed E-state index contributed by atoms with van der Waals surface area (Å²) < 4.78 is 26.4. The van der Waals surface area contributed by atoms with Gasteiger partial charge in [-0.05, 0) is 25.3 Å². The first kappa shape index (κ1) is 13.1. The zero-order valence-electron chi connectivity index (χ0n) is 10.1. The van der Waals surface area contributed by atoms with Gasteiger partial charge in [0.05, 0.1) is 0 Å². The first-order valence-corrected chi connectivity index (χ1v) is 5.97. The minimum atomic E-state index is -2.47. The second kappa shape index (κ2) is 5.97. The highest BCUT2D eigenvalue weighted by molar-refractivity contribution is 5.21. The van der Waals surface area contributed by atoms with Crippen molar-refractivity contribution in [3.63, 3.8) is 0 Å². The lowest BCUT2D eigenvalue weighted by atomic mass is 10.0. The second-order valence-electron chi connectivity index (χ2n) is 4.45. The average Bonchev–Trinajstić information content (AvgIpc) is 2.20. The van der Waals surface area contributed by atoms with Crippen LogP contribution in [0, 0.1) is 6.92 Å². The van der Waals surface area contributed by atoms with Crippen LogP contribution < -0.4 is 0 Å². The number of alkyl halides is 2. The highest BCUT2D eigenvalue weighted by atomic mass is 19.3. The summed E-state index contributed by atoms with van der Waals surface area (Å²) >= 11 is 0. The lowest BCUT2D eigenvalue weighted by molar-refractivity contribution is -0.0183. The molecule has 90 valence electrons. The van der Waals surface area contributed by atoms with E-state index in [4.69, 9.17) is 0 Å². The molecule has 0 saturated heterocycles. The zero-order chi connectivity index (χ0) is 12.0. The molecule has 0 bridgehead atoms. The van der Waals surface area contributed by atoms with Crippen LogP contribution in [0.15, 0.2) is 24.3 Å². The van der Waals surface area contributed by atoms with Crippen molar-refractivity contribution in [1.82, 2.24) is 0 Å². The molecule has 0 aliphatic heterocycles. The molecule has 0 aliphatic carbocycles. The van der Waals surface area contributed by atoms with E-state index < -0.39 is 5.92 Å². The van der Waals surface area contributed by atoms with E-state index in [1.807, 2.05) is 31.2 Å². The van der Waals surface area contributed by atoms with Gasteiger partial charge in [-0.15, -0.1) is 0 Å². The van der Waals surface area contributed by atoms with Gasteiger partial charge < -0.3 is 0 Å². The van der Waals surface area contributed by atoms with Crippen molar-refractivity contribution in [3.05, 3.63) is 35.4 Å². The molecule has 0 amide bonds. The van der Waals surface area contributed by atoms with E-state index in [-0.39, 0.29) is 12.8 Å². The molecular weight excluding hydrogens is 206 g/mol. The van der Waals surface area contributed by atoms with Crippen LogP contribution in [0.1, 0.15) is 43.7 Å². The highest BCUT2D eigenvalue weighted by Gasteiger charge is 2.26. The molecule has 0 aromatic heterocycles. The molecule has 0 unspecified atom stereocenters. The topological polar surface area (TPSA) is 0 Å². The molecule has 0 atom stereocenters. The number of hydrogen-bond acceptors (Lipinski definition) is 0. The standard InChI is InChI=1S/C14H20F2/c1-3-10-14(15,16)11-4-5-13-8-6-12(2)7-9-13/h6-9H,3-5,10-11H2,1-2H3. The smallest absolute Gasteiger partial charge is 0.207 e. The van der Waals surface area contributed by atoms with Crippen molar-refractivity contribution in [2.45, 2.75) is 51.9 Å². The summed E-state index contributed by atoms with van der Waals surface area (Å²) in [7, 11) is 0. The minimum Gasteiger partial charge on any atom is -0.207 e. The average molecular weight is 226 g/mol. The summed E-state index contributed by atoms with van der Waals surface area (Å²) in [5.41, 5.74) is 2.36. The Morgan fingerprint density at radius 3 is 2.25 bits per heavy atom. The van der Waals surface area contributed by atoms with Crippen molar-refractivity contribution in [3.8, 4) is 0 Å². The maximum atomic E-state index is 13.2. The molecule has 1 aromatic rings. The predicted octanol–water partition coefficient (Wildman–Crippen LogP) is 4.75. The fourth-order valence-electron chi connectivity index (χ4n) is 1.80. The Morgan fingerprint density at radius 1 is 1.06 bits per heavy atom. The van der Waals surface area contributed by atoms with Gasteiger partial charge in [-0.3, -0.25) is 0 Å². The van der Waals surface area contributed by atoms with Crippen molar-refractivity contribution in [2.24, 2.45) is 0 Å². The van der Waals surface area contributed by atoms with Crippen LogP contribution in [-0.2, 0) is 6.42 Å². The molecular formula is C14H20F2. The van der Waals surface area contributed by atoms with Crippen LogP contribution in [0.5, 0.6) is 0 Å². The monoisotopic (exact) mass is 226 g/mol. The van der Waals surface area contributed by atoms with Gasteiger partial charge in [-0.1, -0.05) is 43.2 Å². The first-order valence-electron chi connectivity index (χ1n) is 5.97. The van der Waals surface area contributed by atoms with Gasteiger partial charge in [-0.25, -0.2) is 8.78 Å². The molecule has 0 saturated carbocycles. The van der Waals surface area contributed by atoms with E-state index in [0.29, 0.717) is 12.8 Å². The van der Waals surface area contributed by atoms with Gasteiger partial charge >= 0.3 is 0 Å². The van der Waals surface area contributed by atoms with Gasteiger partial charge in [0.15, 0.2) is 0 Å². The molecule has 16 heavy (non-hydrogen) atoms. The highest BCUT2D eigenvalue weighted by Crippen LogP contribution is 2.26. The SMILES string of the molecule is CCCC(F)(F)CCCc1ccc(C)cc1. The van der Waals surface area contributed by atoms with Gasteiger partial charge in [0.25, 0.3) is 0 Å². The Balaban J connectivity index is 2.32. The Labute approximate surface area is 96.7 Å². The molecule has 0 aliphatic rings. The van der Waals surface area contributed by atoms with E-state index in [2.05, 4.69) is 0 Å². The number of hydrogen-bond donors (Lipinski definition) is 0. The normalized spacial score (nSPS) is 11.8. The van der Waals surface area contributed by atoms with Crippen LogP contribution in [0.3, 0.4) is 0 Å². The lowest BCUT2D eigenvalue weighted by Gasteiger charge is -2.14. The molecule has 0 nitrogen and oxygen atoms in total. The third-order valence-electron chi connectivity index (χ3n) is 2.74. The molecule has 0 radical (unpaired) electrons. The van der Waals surface area contributed by atoms with Crippen molar-refractivity contribution < 1.29 is 8.78 Å². The van der Waals surface area contributed by atoms with Gasteiger partial charge in [0.2, 0.25) is 5.92 Å². The third kappa shape index (κ3) is 4.73. The zero-order valence-corrected chi connectivity index (χ0v) is 10.1.